The minimum atomic E-state index is -0.196. The number of H-pyrrole nitrogens is 1. The van der Waals surface area contributed by atoms with Crippen molar-refractivity contribution in [1.29, 1.82) is 0 Å². The smallest absolute Gasteiger partial charge is 0.306 e. The van der Waals surface area contributed by atoms with Crippen LogP contribution in [0.25, 0.3) is 0 Å². The summed E-state index contributed by atoms with van der Waals surface area (Å²) in [4.78, 5) is 27.7. The van der Waals surface area contributed by atoms with E-state index in [0.29, 0.717) is 31.6 Å². The number of amides is 1. The first-order valence-corrected chi connectivity index (χ1v) is 7.13. The first-order valence-electron chi connectivity index (χ1n) is 7.13. The van der Waals surface area contributed by atoms with Crippen molar-refractivity contribution in [1.82, 2.24) is 20.0 Å². The molecule has 7 heteroatoms. The minimum absolute atomic E-state index is 0.0337. The van der Waals surface area contributed by atoms with Crippen LogP contribution in [-0.2, 0) is 9.53 Å². The number of carbonyl (C=O) groups excluding carboxylic acids is 2. The molecule has 1 aliphatic rings. The number of nitrogens with zero attached hydrogens (tertiary/aromatic N) is 3. The van der Waals surface area contributed by atoms with Crippen molar-refractivity contribution < 1.29 is 14.3 Å². The van der Waals surface area contributed by atoms with Crippen molar-refractivity contribution in [3.63, 3.8) is 0 Å². The minimum Gasteiger partial charge on any atom is -0.469 e. The molecule has 0 bridgehead atoms. The van der Waals surface area contributed by atoms with Crippen LogP contribution in [0.2, 0.25) is 0 Å². The highest BCUT2D eigenvalue weighted by Crippen LogP contribution is 2.14. The molecule has 0 unspecified atom stereocenters. The lowest BCUT2D eigenvalue weighted by molar-refractivity contribution is -0.141. The molecule has 116 valence electrons. The summed E-state index contributed by atoms with van der Waals surface area (Å²) < 4.78 is 4.64. The molecule has 1 N–H and O–H groups in total. The summed E-state index contributed by atoms with van der Waals surface area (Å²) in [7, 11) is 1.40. The second kappa shape index (κ2) is 6.71. The molecule has 1 saturated heterocycles. The predicted octanol–water partition coefficient (Wildman–Crippen LogP) is 0.347. The van der Waals surface area contributed by atoms with Crippen molar-refractivity contribution >= 4 is 11.9 Å². The van der Waals surface area contributed by atoms with Gasteiger partial charge in [0.2, 0.25) is 0 Å². The number of esters is 1. The number of ether oxygens (including phenoxy) is 1. The van der Waals surface area contributed by atoms with Crippen molar-refractivity contribution in [3.8, 4) is 0 Å². The van der Waals surface area contributed by atoms with Gasteiger partial charge in [0, 0.05) is 38.4 Å². The van der Waals surface area contributed by atoms with Gasteiger partial charge in [-0.3, -0.25) is 19.6 Å². The van der Waals surface area contributed by atoms with Crippen LogP contribution in [0.5, 0.6) is 0 Å². The van der Waals surface area contributed by atoms with E-state index in [2.05, 4.69) is 19.8 Å². The summed E-state index contributed by atoms with van der Waals surface area (Å²) in [5.41, 5.74) is 2.23. The Labute approximate surface area is 124 Å². The Bertz CT molecular complexity index is 499. The van der Waals surface area contributed by atoms with Gasteiger partial charge in [-0.15, -0.1) is 0 Å². The zero-order valence-electron chi connectivity index (χ0n) is 12.8. The van der Waals surface area contributed by atoms with Crippen molar-refractivity contribution in [2.45, 2.75) is 20.3 Å². The Morgan fingerprint density at radius 2 is 1.90 bits per heavy atom. The third kappa shape index (κ3) is 3.60. The molecule has 0 aliphatic carbocycles. The van der Waals surface area contributed by atoms with E-state index in [1.165, 1.54) is 7.11 Å². The van der Waals surface area contributed by atoms with E-state index in [0.717, 1.165) is 24.5 Å². The zero-order chi connectivity index (χ0) is 15.4. The van der Waals surface area contributed by atoms with E-state index in [4.69, 9.17) is 0 Å². The number of nitrogens with one attached hydrogen (secondary N) is 1. The van der Waals surface area contributed by atoms with Gasteiger partial charge in [-0.2, -0.15) is 5.10 Å². The molecule has 1 fully saturated rings. The molecular weight excluding hydrogens is 272 g/mol. The van der Waals surface area contributed by atoms with Gasteiger partial charge in [-0.05, 0) is 13.8 Å². The topological polar surface area (TPSA) is 78.5 Å². The SMILES string of the molecule is COC(=O)CCN1CCN(C(=O)c2c(C)n[nH]c2C)CC1. The summed E-state index contributed by atoms with van der Waals surface area (Å²) in [6.45, 7) is 7.27. The molecule has 0 saturated carbocycles. The fourth-order valence-electron chi connectivity index (χ4n) is 2.55. The largest absolute Gasteiger partial charge is 0.469 e. The second-order valence-electron chi connectivity index (χ2n) is 5.27. The lowest BCUT2D eigenvalue weighted by Gasteiger charge is -2.34. The fraction of sp³-hybridized carbons (Fsp3) is 0.643. The van der Waals surface area contributed by atoms with Gasteiger partial charge >= 0.3 is 5.97 Å². The third-order valence-corrected chi connectivity index (χ3v) is 3.86. The zero-order valence-corrected chi connectivity index (χ0v) is 12.8. The predicted molar refractivity (Wildman–Crippen MR) is 77.0 cm³/mol. The first kappa shape index (κ1) is 15.5. The normalized spacial score (nSPS) is 16.0. The number of aryl methyl sites for hydroxylation is 2. The summed E-state index contributed by atoms with van der Waals surface area (Å²) in [6.07, 6.45) is 0.393. The molecule has 1 amide bonds. The average Bonchev–Trinajstić information content (AvgIpc) is 2.83. The van der Waals surface area contributed by atoms with Gasteiger partial charge in [-0.1, -0.05) is 0 Å². The van der Waals surface area contributed by atoms with Crippen LogP contribution < -0.4 is 0 Å². The van der Waals surface area contributed by atoms with Gasteiger partial charge in [0.25, 0.3) is 5.91 Å². The fourth-order valence-corrected chi connectivity index (χ4v) is 2.55. The molecule has 1 aliphatic heterocycles. The molecule has 7 nitrogen and oxygen atoms in total. The van der Waals surface area contributed by atoms with Crippen LogP contribution in [0.15, 0.2) is 0 Å². The first-order chi connectivity index (χ1) is 10.0. The Balaban J connectivity index is 1.86. The number of aromatic nitrogens is 2. The lowest BCUT2D eigenvalue weighted by Crippen LogP contribution is -2.49. The van der Waals surface area contributed by atoms with Crippen molar-refractivity contribution in [2.75, 3.05) is 39.8 Å². The number of methoxy groups -OCH3 is 1. The van der Waals surface area contributed by atoms with Crippen molar-refractivity contribution in [2.24, 2.45) is 0 Å². The van der Waals surface area contributed by atoms with Gasteiger partial charge in [0.15, 0.2) is 0 Å². The number of piperazine rings is 1. The van der Waals surface area contributed by atoms with Crippen LogP contribution >= 0.6 is 0 Å². The highest BCUT2D eigenvalue weighted by atomic mass is 16.5. The van der Waals surface area contributed by atoms with Gasteiger partial charge < -0.3 is 9.64 Å². The van der Waals surface area contributed by atoms with E-state index >= 15 is 0 Å². The number of carbonyl (C=O) groups is 2. The maximum atomic E-state index is 12.5. The lowest BCUT2D eigenvalue weighted by atomic mass is 10.1. The number of hydrogen-bond donors (Lipinski definition) is 1. The molecule has 0 aromatic carbocycles. The van der Waals surface area contributed by atoms with Crippen LogP contribution in [-0.4, -0.2) is 71.7 Å². The maximum Gasteiger partial charge on any atom is 0.306 e. The van der Waals surface area contributed by atoms with Gasteiger partial charge in [0.05, 0.1) is 24.8 Å². The van der Waals surface area contributed by atoms with Gasteiger partial charge in [0.1, 0.15) is 0 Å². The van der Waals surface area contributed by atoms with E-state index in [-0.39, 0.29) is 11.9 Å². The number of aromatic amines is 1. The molecule has 0 spiro atoms. The van der Waals surface area contributed by atoms with Crippen LogP contribution in [0.3, 0.4) is 0 Å². The Hall–Kier alpha value is -1.89. The summed E-state index contributed by atoms with van der Waals surface area (Å²) in [6, 6.07) is 0. The molecule has 2 rings (SSSR count). The average molecular weight is 294 g/mol. The molecule has 1 aromatic rings. The van der Waals surface area contributed by atoms with Crippen molar-refractivity contribution in [3.05, 3.63) is 17.0 Å². The van der Waals surface area contributed by atoms with Gasteiger partial charge in [-0.25, -0.2) is 0 Å². The number of hydrogen-bond acceptors (Lipinski definition) is 5. The standard InChI is InChI=1S/C14H22N4O3/c1-10-13(11(2)16-15-10)14(20)18-8-6-17(7-9-18)5-4-12(19)21-3/h4-9H2,1-3H3,(H,15,16). The Kier molecular flexibility index (Phi) is 4.95. The second-order valence-corrected chi connectivity index (χ2v) is 5.27. The van der Waals surface area contributed by atoms with E-state index < -0.39 is 0 Å². The third-order valence-electron chi connectivity index (χ3n) is 3.86. The quantitative estimate of drug-likeness (QED) is 0.811. The summed E-state index contributed by atoms with van der Waals surface area (Å²) >= 11 is 0. The summed E-state index contributed by atoms with van der Waals surface area (Å²) in [5.74, 6) is -0.162. The molecule has 1 aromatic heterocycles. The van der Waals surface area contributed by atoms with E-state index in [1.807, 2.05) is 18.7 Å². The molecule has 2 heterocycles. The molecule has 21 heavy (non-hydrogen) atoms. The van der Waals surface area contributed by atoms with Crippen LogP contribution in [0.1, 0.15) is 28.2 Å². The van der Waals surface area contributed by atoms with Crippen LogP contribution in [0.4, 0.5) is 0 Å². The highest BCUT2D eigenvalue weighted by Gasteiger charge is 2.25. The summed E-state index contributed by atoms with van der Waals surface area (Å²) in [5, 5.41) is 6.92. The van der Waals surface area contributed by atoms with E-state index in [9.17, 15) is 9.59 Å². The van der Waals surface area contributed by atoms with E-state index in [1.54, 1.807) is 0 Å². The Morgan fingerprint density at radius 1 is 1.24 bits per heavy atom. The molecule has 0 atom stereocenters. The maximum absolute atomic E-state index is 12.5. The van der Waals surface area contributed by atoms with Crippen LogP contribution in [0, 0.1) is 13.8 Å². The molecule has 0 radical (unpaired) electrons. The Morgan fingerprint density at radius 3 is 2.43 bits per heavy atom. The highest BCUT2D eigenvalue weighted by molar-refractivity contribution is 5.96. The monoisotopic (exact) mass is 294 g/mol. The number of rotatable bonds is 4. The molecular formula is C14H22N4O3.